The molecule has 1 rings (SSSR count). The molecule has 0 radical (unpaired) electrons. The van der Waals surface area contributed by atoms with Crippen molar-refractivity contribution < 1.29 is 9.53 Å². The van der Waals surface area contributed by atoms with Gasteiger partial charge in [0.05, 0.1) is 25.0 Å². The number of ether oxygens (including phenoxy) is 1. The minimum Gasteiger partial charge on any atom is -0.469 e. The molecule has 0 bridgehead atoms. The Morgan fingerprint density at radius 2 is 1.75 bits per heavy atom. The van der Waals surface area contributed by atoms with Gasteiger partial charge in [-0.05, 0) is 33.2 Å². The second kappa shape index (κ2) is 8.23. The SMILES string of the molecule is COC(=O)CCN1CCN(CCCC(C)(C)C#N)CC1. The fourth-order valence-electron chi connectivity index (χ4n) is 2.39. The summed E-state index contributed by atoms with van der Waals surface area (Å²) in [7, 11) is 1.43. The molecule has 1 aliphatic heterocycles. The van der Waals surface area contributed by atoms with E-state index in [4.69, 9.17) is 5.26 Å². The minimum absolute atomic E-state index is 0.133. The smallest absolute Gasteiger partial charge is 0.306 e. The van der Waals surface area contributed by atoms with E-state index >= 15 is 0 Å². The fourth-order valence-corrected chi connectivity index (χ4v) is 2.39. The Morgan fingerprint density at radius 3 is 2.25 bits per heavy atom. The molecule has 20 heavy (non-hydrogen) atoms. The second-order valence-electron chi connectivity index (χ2n) is 6.11. The molecule has 0 aromatic heterocycles. The summed E-state index contributed by atoms with van der Waals surface area (Å²) in [5.74, 6) is -0.133. The average molecular weight is 281 g/mol. The van der Waals surface area contributed by atoms with Crippen molar-refractivity contribution in [2.75, 3.05) is 46.4 Å². The van der Waals surface area contributed by atoms with Crippen LogP contribution in [0.4, 0.5) is 0 Å². The Balaban J connectivity index is 2.13. The second-order valence-corrected chi connectivity index (χ2v) is 6.11. The minimum atomic E-state index is -0.206. The summed E-state index contributed by atoms with van der Waals surface area (Å²) in [6, 6.07) is 2.35. The summed E-state index contributed by atoms with van der Waals surface area (Å²) >= 11 is 0. The van der Waals surface area contributed by atoms with E-state index in [9.17, 15) is 4.79 Å². The van der Waals surface area contributed by atoms with Crippen molar-refractivity contribution in [1.82, 2.24) is 9.80 Å². The summed E-state index contributed by atoms with van der Waals surface area (Å²) < 4.78 is 4.66. The molecule has 0 aromatic carbocycles. The van der Waals surface area contributed by atoms with Gasteiger partial charge in [0.1, 0.15) is 0 Å². The molecule has 1 aliphatic rings. The van der Waals surface area contributed by atoms with Gasteiger partial charge in [0.2, 0.25) is 0 Å². The van der Waals surface area contributed by atoms with Crippen molar-refractivity contribution >= 4 is 5.97 Å². The molecular weight excluding hydrogens is 254 g/mol. The van der Waals surface area contributed by atoms with Crippen LogP contribution in [-0.4, -0.2) is 62.1 Å². The molecule has 0 spiro atoms. The zero-order valence-electron chi connectivity index (χ0n) is 13.0. The monoisotopic (exact) mass is 281 g/mol. The number of hydrogen-bond acceptors (Lipinski definition) is 5. The van der Waals surface area contributed by atoms with Crippen LogP contribution in [0.1, 0.15) is 33.1 Å². The molecule has 0 aliphatic carbocycles. The zero-order valence-corrected chi connectivity index (χ0v) is 13.0. The van der Waals surface area contributed by atoms with Gasteiger partial charge >= 0.3 is 5.97 Å². The number of methoxy groups -OCH3 is 1. The zero-order chi connectivity index (χ0) is 15.0. The van der Waals surface area contributed by atoms with Gasteiger partial charge in [-0.15, -0.1) is 0 Å². The summed E-state index contributed by atoms with van der Waals surface area (Å²) in [5, 5.41) is 8.98. The topological polar surface area (TPSA) is 56.6 Å². The van der Waals surface area contributed by atoms with Gasteiger partial charge < -0.3 is 14.5 Å². The number of rotatable bonds is 7. The van der Waals surface area contributed by atoms with Gasteiger partial charge in [-0.2, -0.15) is 5.26 Å². The van der Waals surface area contributed by atoms with Gasteiger partial charge in [0.25, 0.3) is 0 Å². The first kappa shape index (κ1) is 16.9. The number of hydrogen-bond donors (Lipinski definition) is 0. The summed E-state index contributed by atoms with van der Waals surface area (Å²) in [6.45, 7) is 9.98. The number of nitriles is 1. The maximum Gasteiger partial charge on any atom is 0.306 e. The van der Waals surface area contributed by atoms with Gasteiger partial charge in [-0.1, -0.05) is 0 Å². The van der Waals surface area contributed by atoms with Crippen LogP contribution in [-0.2, 0) is 9.53 Å². The van der Waals surface area contributed by atoms with Gasteiger partial charge in [0.15, 0.2) is 0 Å². The predicted octanol–water partition coefficient (Wildman–Crippen LogP) is 1.50. The predicted molar refractivity (Wildman–Crippen MR) is 78.1 cm³/mol. The third-order valence-corrected chi connectivity index (χ3v) is 3.90. The third-order valence-electron chi connectivity index (χ3n) is 3.90. The molecule has 0 amide bonds. The first-order valence-electron chi connectivity index (χ1n) is 7.39. The normalized spacial score (nSPS) is 17.7. The van der Waals surface area contributed by atoms with Crippen LogP contribution in [0.5, 0.6) is 0 Å². The number of carbonyl (C=O) groups is 1. The Kier molecular flexibility index (Phi) is 6.97. The molecule has 5 heteroatoms. The highest BCUT2D eigenvalue weighted by molar-refractivity contribution is 5.69. The highest BCUT2D eigenvalue weighted by Gasteiger charge is 2.19. The van der Waals surface area contributed by atoms with E-state index in [1.165, 1.54) is 7.11 Å². The number of nitrogens with zero attached hydrogens (tertiary/aromatic N) is 3. The van der Waals surface area contributed by atoms with Crippen molar-refractivity contribution in [1.29, 1.82) is 5.26 Å². The number of piperazine rings is 1. The Morgan fingerprint density at radius 1 is 1.20 bits per heavy atom. The molecule has 0 saturated carbocycles. The molecule has 1 fully saturated rings. The lowest BCUT2D eigenvalue weighted by Crippen LogP contribution is -2.47. The van der Waals surface area contributed by atoms with Crippen LogP contribution in [0.25, 0.3) is 0 Å². The first-order chi connectivity index (χ1) is 9.46. The molecule has 0 atom stereocenters. The molecular formula is C15H27N3O2. The van der Waals surface area contributed by atoms with Crippen LogP contribution in [0.2, 0.25) is 0 Å². The molecule has 0 unspecified atom stereocenters. The van der Waals surface area contributed by atoms with E-state index in [1.54, 1.807) is 0 Å². The van der Waals surface area contributed by atoms with E-state index in [0.29, 0.717) is 6.42 Å². The highest BCUT2D eigenvalue weighted by atomic mass is 16.5. The fraction of sp³-hybridized carbons (Fsp3) is 0.867. The van der Waals surface area contributed by atoms with E-state index in [0.717, 1.165) is 52.1 Å². The van der Waals surface area contributed by atoms with Crippen molar-refractivity contribution in [3.8, 4) is 6.07 Å². The highest BCUT2D eigenvalue weighted by Crippen LogP contribution is 2.20. The van der Waals surface area contributed by atoms with Gasteiger partial charge in [0, 0.05) is 32.7 Å². The average Bonchev–Trinajstić information content (AvgIpc) is 2.46. The molecule has 1 saturated heterocycles. The Labute approximate surface area is 122 Å². The van der Waals surface area contributed by atoms with Crippen molar-refractivity contribution in [2.45, 2.75) is 33.1 Å². The van der Waals surface area contributed by atoms with E-state index in [1.807, 2.05) is 13.8 Å². The molecule has 114 valence electrons. The van der Waals surface area contributed by atoms with Gasteiger partial charge in [-0.25, -0.2) is 0 Å². The maximum atomic E-state index is 11.1. The Bertz CT molecular complexity index is 342. The van der Waals surface area contributed by atoms with E-state index < -0.39 is 0 Å². The lowest BCUT2D eigenvalue weighted by Gasteiger charge is -2.34. The van der Waals surface area contributed by atoms with Crippen LogP contribution < -0.4 is 0 Å². The molecule has 0 aromatic rings. The van der Waals surface area contributed by atoms with Gasteiger partial charge in [-0.3, -0.25) is 4.79 Å². The number of carbonyl (C=O) groups excluding carboxylic acids is 1. The van der Waals surface area contributed by atoms with Crippen LogP contribution in [0, 0.1) is 16.7 Å². The summed E-state index contributed by atoms with van der Waals surface area (Å²) in [5.41, 5.74) is -0.206. The van der Waals surface area contributed by atoms with Crippen molar-refractivity contribution in [2.24, 2.45) is 5.41 Å². The first-order valence-corrected chi connectivity index (χ1v) is 7.39. The maximum absolute atomic E-state index is 11.1. The number of esters is 1. The lowest BCUT2D eigenvalue weighted by atomic mass is 9.90. The molecule has 1 heterocycles. The summed E-state index contributed by atoms with van der Waals surface area (Å²) in [6.07, 6.45) is 2.50. The van der Waals surface area contributed by atoms with Crippen molar-refractivity contribution in [3.63, 3.8) is 0 Å². The van der Waals surface area contributed by atoms with E-state index in [2.05, 4.69) is 20.6 Å². The van der Waals surface area contributed by atoms with Crippen LogP contribution in [0.15, 0.2) is 0 Å². The third kappa shape index (κ3) is 6.36. The molecule has 0 N–H and O–H groups in total. The summed E-state index contributed by atoms with van der Waals surface area (Å²) in [4.78, 5) is 15.9. The largest absolute Gasteiger partial charge is 0.469 e. The van der Waals surface area contributed by atoms with Crippen LogP contribution >= 0.6 is 0 Å². The Hall–Kier alpha value is -1.12. The van der Waals surface area contributed by atoms with Crippen LogP contribution in [0.3, 0.4) is 0 Å². The van der Waals surface area contributed by atoms with E-state index in [-0.39, 0.29) is 11.4 Å². The molecule has 5 nitrogen and oxygen atoms in total. The van der Waals surface area contributed by atoms with Crippen molar-refractivity contribution in [3.05, 3.63) is 0 Å². The quantitative estimate of drug-likeness (QED) is 0.662. The lowest BCUT2D eigenvalue weighted by molar-refractivity contribution is -0.141. The standard InChI is InChI=1S/C15H27N3O2/c1-15(2,13-16)6-4-7-17-9-11-18(12-10-17)8-5-14(19)20-3/h4-12H2,1-3H3.